The molecule has 0 amide bonds. The first-order valence-corrected chi connectivity index (χ1v) is 14.4. The second-order valence-corrected chi connectivity index (χ2v) is 12.7. The SMILES string of the molecule is CCCCCCCCCCCC[Si](C=C(C)C(=O)O)(c1ccccc1)c1ccccc1. The van der Waals surface area contributed by atoms with Crippen LogP contribution in [0.5, 0.6) is 0 Å². The summed E-state index contributed by atoms with van der Waals surface area (Å²) in [6.45, 7) is 4.01. The number of aliphatic carboxylic acids is 1. The lowest BCUT2D eigenvalue weighted by Gasteiger charge is -2.31. The Hall–Kier alpha value is -2.13. The second kappa shape index (κ2) is 14.0. The van der Waals surface area contributed by atoms with Crippen molar-refractivity contribution in [3.05, 3.63) is 71.9 Å². The molecule has 168 valence electrons. The maximum Gasteiger partial charge on any atom is 0.330 e. The maximum atomic E-state index is 11.7. The summed E-state index contributed by atoms with van der Waals surface area (Å²) in [7, 11) is -2.31. The number of hydrogen-bond donors (Lipinski definition) is 1. The number of carboxylic acid groups (broad SMARTS) is 1. The number of unbranched alkanes of at least 4 members (excludes halogenated alkanes) is 9. The van der Waals surface area contributed by atoms with Crippen molar-refractivity contribution in [1.82, 2.24) is 0 Å². The third-order valence-corrected chi connectivity index (χ3v) is 11.1. The fourth-order valence-electron chi connectivity index (χ4n) is 4.49. The highest BCUT2D eigenvalue weighted by molar-refractivity contribution is 7.06. The Labute approximate surface area is 190 Å². The van der Waals surface area contributed by atoms with Crippen LogP contribution in [0.3, 0.4) is 0 Å². The average Bonchev–Trinajstić information content (AvgIpc) is 2.80. The molecular formula is C28H40O2Si. The molecule has 0 fully saturated rings. The lowest BCUT2D eigenvalue weighted by atomic mass is 10.1. The first kappa shape index (κ1) is 25.1. The van der Waals surface area contributed by atoms with Gasteiger partial charge >= 0.3 is 5.97 Å². The number of carbonyl (C=O) groups is 1. The Morgan fingerprint density at radius 1 is 0.742 bits per heavy atom. The van der Waals surface area contributed by atoms with Crippen molar-refractivity contribution in [3.8, 4) is 0 Å². The van der Waals surface area contributed by atoms with Crippen LogP contribution in [-0.2, 0) is 4.79 Å². The number of benzene rings is 2. The first-order valence-electron chi connectivity index (χ1n) is 12.1. The summed E-state index contributed by atoms with van der Waals surface area (Å²) in [6.07, 6.45) is 13.1. The van der Waals surface area contributed by atoms with Crippen LogP contribution in [0.2, 0.25) is 6.04 Å². The van der Waals surface area contributed by atoms with Crippen molar-refractivity contribution in [3.63, 3.8) is 0 Å². The number of carboxylic acids is 1. The molecule has 0 atom stereocenters. The number of rotatable bonds is 15. The van der Waals surface area contributed by atoms with Crippen LogP contribution in [0.15, 0.2) is 71.9 Å². The summed E-state index contributed by atoms with van der Waals surface area (Å²) >= 11 is 0. The molecular weight excluding hydrogens is 396 g/mol. The monoisotopic (exact) mass is 436 g/mol. The van der Waals surface area contributed by atoms with E-state index < -0.39 is 14.0 Å². The molecule has 0 saturated heterocycles. The molecule has 0 aromatic heterocycles. The largest absolute Gasteiger partial charge is 0.478 e. The van der Waals surface area contributed by atoms with Gasteiger partial charge in [0.2, 0.25) is 0 Å². The number of hydrogen-bond acceptors (Lipinski definition) is 1. The van der Waals surface area contributed by atoms with Gasteiger partial charge in [0, 0.05) is 5.57 Å². The molecule has 0 aliphatic heterocycles. The normalized spacial score (nSPS) is 12.1. The molecule has 2 aromatic carbocycles. The third-order valence-electron chi connectivity index (χ3n) is 6.30. The Bertz CT molecular complexity index is 744. The molecule has 0 aliphatic rings. The van der Waals surface area contributed by atoms with Gasteiger partial charge in [-0.15, -0.1) is 0 Å². The summed E-state index contributed by atoms with van der Waals surface area (Å²) in [5.41, 5.74) is 2.58. The minimum Gasteiger partial charge on any atom is -0.478 e. The van der Waals surface area contributed by atoms with Gasteiger partial charge in [-0.3, -0.25) is 0 Å². The molecule has 0 unspecified atom stereocenters. The van der Waals surface area contributed by atoms with Crippen molar-refractivity contribution in [2.75, 3.05) is 0 Å². The van der Waals surface area contributed by atoms with E-state index in [2.05, 4.69) is 61.2 Å². The minimum absolute atomic E-state index is 0.464. The van der Waals surface area contributed by atoms with Gasteiger partial charge in [-0.1, -0.05) is 137 Å². The van der Waals surface area contributed by atoms with Crippen LogP contribution >= 0.6 is 0 Å². The van der Waals surface area contributed by atoms with Gasteiger partial charge in [0.25, 0.3) is 0 Å². The van der Waals surface area contributed by atoms with Crippen molar-refractivity contribution < 1.29 is 9.90 Å². The van der Waals surface area contributed by atoms with E-state index in [1.165, 1.54) is 68.2 Å². The van der Waals surface area contributed by atoms with Gasteiger partial charge < -0.3 is 5.11 Å². The summed E-state index contributed by atoms with van der Waals surface area (Å²) in [4.78, 5) is 11.7. The predicted octanol–water partition coefficient (Wildman–Crippen LogP) is 6.74. The fourth-order valence-corrected chi connectivity index (χ4v) is 9.12. The van der Waals surface area contributed by atoms with Crippen LogP contribution in [0.25, 0.3) is 0 Å². The fraction of sp³-hybridized carbons (Fsp3) is 0.464. The lowest BCUT2D eigenvalue weighted by molar-refractivity contribution is -0.132. The predicted molar refractivity (Wildman–Crippen MR) is 136 cm³/mol. The molecule has 0 radical (unpaired) electrons. The summed E-state index contributed by atoms with van der Waals surface area (Å²) < 4.78 is 0. The van der Waals surface area contributed by atoms with Crippen LogP contribution in [0, 0.1) is 0 Å². The molecule has 31 heavy (non-hydrogen) atoms. The highest BCUT2D eigenvalue weighted by atomic mass is 28.3. The Morgan fingerprint density at radius 2 is 1.16 bits per heavy atom. The molecule has 0 spiro atoms. The Morgan fingerprint density at radius 3 is 1.58 bits per heavy atom. The zero-order valence-electron chi connectivity index (χ0n) is 19.5. The smallest absolute Gasteiger partial charge is 0.330 e. The van der Waals surface area contributed by atoms with Crippen LogP contribution in [0.1, 0.15) is 78.1 Å². The molecule has 0 bridgehead atoms. The second-order valence-electron chi connectivity index (χ2n) is 8.77. The Kier molecular flexibility index (Phi) is 11.4. The van der Waals surface area contributed by atoms with Crippen molar-refractivity contribution in [2.45, 2.75) is 84.1 Å². The summed E-state index contributed by atoms with van der Waals surface area (Å²) in [5, 5.41) is 12.2. The minimum atomic E-state index is -2.31. The summed E-state index contributed by atoms with van der Waals surface area (Å²) in [5.74, 6) is -0.813. The topological polar surface area (TPSA) is 37.3 Å². The molecule has 2 nitrogen and oxygen atoms in total. The van der Waals surface area contributed by atoms with E-state index in [9.17, 15) is 9.90 Å². The zero-order chi connectivity index (χ0) is 22.4. The quantitative estimate of drug-likeness (QED) is 0.191. The van der Waals surface area contributed by atoms with E-state index >= 15 is 0 Å². The zero-order valence-corrected chi connectivity index (χ0v) is 20.5. The van der Waals surface area contributed by atoms with Crippen molar-refractivity contribution >= 4 is 24.4 Å². The molecule has 2 rings (SSSR count). The van der Waals surface area contributed by atoms with Crippen LogP contribution in [0.4, 0.5) is 0 Å². The molecule has 2 aromatic rings. The molecule has 0 heterocycles. The van der Waals surface area contributed by atoms with Gasteiger partial charge in [0.15, 0.2) is 0 Å². The van der Waals surface area contributed by atoms with Crippen molar-refractivity contribution in [1.29, 1.82) is 0 Å². The van der Waals surface area contributed by atoms with Crippen molar-refractivity contribution in [2.24, 2.45) is 0 Å². The molecule has 0 saturated carbocycles. The highest BCUT2D eigenvalue weighted by Crippen LogP contribution is 2.21. The van der Waals surface area contributed by atoms with Crippen LogP contribution < -0.4 is 10.4 Å². The van der Waals surface area contributed by atoms with Crippen LogP contribution in [-0.4, -0.2) is 19.1 Å². The molecule has 1 N–H and O–H groups in total. The van der Waals surface area contributed by atoms with Gasteiger partial charge in [0.05, 0.1) is 0 Å². The van der Waals surface area contributed by atoms with E-state index in [0.717, 1.165) is 12.5 Å². The van der Waals surface area contributed by atoms with E-state index in [-0.39, 0.29) is 0 Å². The van der Waals surface area contributed by atoms with Gasteiger partial charge in [-0.25, -0.2) is 4.79 Å². The van der Waals surface area contributed by atoms with Gasteiger partial charge in [-0.05, 0) is 23.3 Å². The van der Waals surface area contributed by atoms with Gasteiger partial charge in [-0.2, -0.15) is 0 Å². The molecule has 0 aliphatic carbocycles. The summed E-state index contributed by atoms with van der Waals surface area (Å²) in [6, 6.07) is 22.3. The van der Waals surface area contributed by atoms with Gasteiger partial charge in [0.1, 0.15) is 8.07 Å². The average molecular weight is 437 g/mol. The first-order chi connectivity index (χ1) is 15.1. The van der Waals surface area contributed by atoms with E-state index in [4.69, 9.17) is 0 Å². The highest BCUT2D eigenvalue weighted by Gasteiger charge is 2.35. The standard InChI is InChI=1S/C28H40O2Si/c1-3-4-5-6-7-8-9-10-11-18-23-31(24-25(2)28(29)30,26-19-14-12-15-20-26)27-21-16-13-17-22-27/h12-17,19-22,24H,3-11,18,23H2,1-2H3,(H,29,30). The Balaban J connectivity index is 2.10. The maximum absolute atomic E-state index is 11.7. The molecule has 3 heteroatoms. The van der Waals surface area contributed by atoms with E-state index in [0.29, 0.717) is 5.57 Å². The lowest BCUT2D eigenvalue weighted by Crippen LogP contribution is -2.57. The van der Waals surface area contributed by atoms with E-state index in [1.807, 2.05) is 12.1 Å². The van der Waals surface area contributed by atoms with E-state index in [1.54, 1.807) is 6.92 Å². The third kappa shape index (κ3) is 8.14.